The Morgan fingerprint density at radius 3 is 2.58 bits per heavy atom. The predicted molar refractivity (Wildman–Crippen MR) is 122 cm³/mol. The Hall–Kier alpha value is -3.15. The van der Waals surface area contributed by atoms with Crippen LogP contribution in [0, 0.1) is 5.92 Å². The van der Waals surface area contributed by atoms with Crippen LogP contribution in [0.3, 0.4) is 0 Å². The fourth-order valence-electron chi connectivity index (χ4n) is 4.39. The molecule has 0 radical (unpaired) electrons. The Balaban J connectivity index is 1.35. The standard InChI is InChI=1S/C25H29N3O3/c29-24(30)15-19-4-7-21-16-22(9-8-20(21)14-19)25(31)27-23-10-5-18(6-11-23)17-26-28-12-2-1-3-13-28/h5-6,8-11,16-17,19H,1-4,7,12-15H2,(H,27,31)(H,29,30). The first kappa shape index (κ1) is 21.1. The number of rotatable bonds is 6. The van der Waals surface area contributed by atoms with Gasteiger partial charge in [0.1, 0.15) is 0 Å². The highest BCUT2D eigenvalue weighted by Gasteiger charge is 2.22. The number of carboxylic acid groups (broad SMARTS) is 1. The Bertz CT molecular complexity index is 962. The monoisotopic (exact) mass is 419 g/mol. The molecular weight excluding hydrogens is 390 g/mol. The first-order valence-electron chi connectivity index (χ1n) is 11.1. The number of fused-ring (bicyclic) bond motifs is 1. The van der Waals surface area contributed by atoms with Crippen LogP contribution in [-0.2, 0) is 17.6 Å². The van der Waals surface area contributed by atoms with Crippen molar-refractivity contribution in [2.45, 2.75) is 44.9 Å². The molecule has 2 aromatic rings. The number of hydrogen-bond acceptors (Lipinski definition) is 4. The Kier molecular flexibility index (Phi) is 6.65. The number of hydrogen-bond donors (Lipinski definition) is 2. The lowest BCUT2D eigenvalue weighted by atomic mass is 9.81. The molecule has 1 fully saturated rings. The number of carboxylic acids is 1. The van der Waals surface area contributed by atoms with E-state index in [4.69, 9.17) is 5.11 Å². The van der Waals surface area contributed by atoms with E-state index in [1.54, 1.807) is 0 Å². The summed E-state index contributed by atoms with van der Waals surface area (Å²) < 4.78 is 0. The molecule has 1 saturated heterocycles. The minimum absolute atomic E-state index is 0.134. The summed E-state index contributed by atoms with van der Waals surface area (Å²) in [6.45, 7) is 2.04. The van der Waals surface area contributed by atoms with Crippen LogP contribution in [0.25, 0.3) is 0 Å². The van der Waals surface area contributed by atoms with E-state index in [-0.39, 0.29) is 18.2 Å². The summed E-state index contributed by atoms with van der Waals surface area (Å²) in [5.41, 5.74) is 4.70. The van der Waals surface area contributed by atoms with Gasteiger partial charge in [0.15, 0.2) is 0 Å². The highest BCUT2D eigenvalue weighted by atomic mass is 16.4. The van der Waals surface area contributed by atoms with E-state index in [0.29, 0.717) is 5.56 Å². The van der Waals surface area contributed by atoms with Crippen LogP contribution in [0.4, 0.5) is 5.69 Å². The van der Waals surface area contributed by atoms with Gasteiger partial charge in [-0.25, -0.2) is 0 Å². The van der Waals surface area contributed by atoms with Crippen LogP contribution in [0.2, 0.25) is 0 Å². The number of piperidine rings is 1. The van der Waals surface area contributed by atoms with E-state index >= 15 is 0 Å². The minimum atomic E-state index is -0.742. The summed E-state index contributed by atoms with van der Waals surface area (Å²) in [4.78, 5) is 23.7. The van der Waals surface area contributed by atoms with E-state index in [0.717, 1.165) is 54.7 Å². The third-order valence-corrected chi connectivity index (χ3v) is 6.13. The van der Waals surface area contributed by atoms with Crippen molar-refractivity contribution in [3.8, 4) is 0 Å². The average Bonchev–Trinajstić information content (AvgIpc) is 2.78. The highest BCUT2D eigenvalue weighted by Crippen LogP contribution is 2.28. The second-order valence-corrected chi connectivity index (χ2v) is 8.53. The fraction of sp³-hybridized carbons (Fsp3) is 0.400. The van der Waals surface area contributed by atoms with Crippen LogP contribution >= 0.6 is 0 Å². The van der Waals surface area contributed by atoms with Gasteiger partial charge in [0, 0.05) is 30.8 Å². The Morgan fingerprint density at radius 2 is 1.84 bits per heavy atom. The lowest BCUT2D eigenvalue weighted by Gasteiger charge is -2.23. The van der Waals surface area contributed by atoms with Gasteiger partial charge in [-0.05, 0) is 85.4 Å². The molecule has 2 aromatic carbocycles. The molecule has 1 aliphatic heterocycles. The van der Waals surface area contributed by atoms with E-state index < -0.39 is 5.97 Å². The van der Waals surface area contributed by atoms with Gasteiger partial charge in [-0.15, -0.1) is 0 Å². The lowest BCUT2D eigenvalue weighted by molar-refractivity contribution is -0.138. The first-order valence-corrected chi connectivity index (χ1v) is 11.1. The number of nitrogens with zero attached hydrogens (tertiary/aromatic N) is 2. The molecule has 6 nitrogen and oxygen atoms in total. The molecule has 0 bridgehead atoms. The van der Waals surface area contributed by atoms with Crippen molar-refractivity contribution in [3.63, 3.8) is 0 Å². The topological polar surface area (TPSA) is 82.0 Å². The number of amides is 1. The van der Waals surface area contributed by atoms with Gasteiger partial charge < -0.3 is 10.4 Å². The molecular formula is C25H29N3O3. The van der Waals surface area contributed by atoms with E-state index in [2.05, 4.69) is 15.4 Å². The number of carbonyl (C=O) groups excluding carboxylic acids is 1. The second-order valence-electron chi connectivity index (χ2n) is 8.53. The molecule has 4 rings (SSSR count). The summed E-state index contributed by atoms with van der Waals surface area (Å²) in [5.74, 6) is -0.694. The SMILES string of the molecule is O=C(O)CC1CCc2cc(C(=O)Nc3ccc(C=NN4CCCCC4)cc3)ccc2C1. The summed E-state index contributed by atoms with van der Waals surface area (Å²) in [6, 6.07) is 13.4. The van der Waals surface area contributed by atoms with Crippen LogP contribution in [0.5, 0.6) is 0 Å². The van der Waals surface area contributed by atoms with E-state index in [9.17, 15) is 9.59 Å². The number of hydrazone groups is 1. The molecule has 0 saturated carbocycles. The molecule has 1 atom stereocenters. The number of nitrogens with one attached hydrogen (secondary N) is 1. The predicted octanol–water partition coefficient (Wildman–Crippen LogP) is 4.34. The number of aryl methyl sites for hydroxylation is 1. The summed E-state index contributed by atoms with van der Waals surface area (Å²) in [7, 11) is 0. The van der Waals surface area contributed by atoms with Gasteiger partial charge in [-0.1, -0.05) is 18.2 Å². The van der Waals surface area contributed by atoms with Gasteiger partial charge >= 0.3 is 5.97 Å². The van der Waals surface area contributed by atoms with Crippen molar-refractivity contribution in [3.05, 3.63) is 64.7 Å². The van der Waals surface area contributed by atoms with E-state index in [1.807, 2.05) is 48.7 Å². The summed E-state index contributed by atoms with van der Waals surface area (Å²) in [5, 5.41) is 18.6. The number of benzene rings is 2. The van der Waals surface area contributed by atoms with Crippen molar-refractivity contribution >= 4 is 23.8 Å². The van der Waals surface area contributed by atoms with Gasteiger partial charge in [-0.3, -0.25) is 14.6 Å². The van der Waals surface area contributed by atoms with Crippen LogP contribution in [-0.4, -0.2) is 41.3 Å². The fourth-order valence-corrected chi connectivity index (χ4v) is 4.39. The van der Waals surface area contributed by atoms with Crippen molar-refractivity contribution in [1.29, 1.82) is 0 Å². The molecule has 1 heterocycles. The average molecular weight is 420 g/mol. The van der Waals surface area contributed by atoms with Crippen LogP contribution in [0.1, 0.15) is 59.2 Å². The van der Waals surface area contributed by atoms with Crippen LogP contribution < -0.4 is 5.32 Å². The maximum atomic E-state index is 12.7. The smallest absolute Gasteiger partial charge is 0.303 e. The zero-order chi connectivity index (χ0) is 21.6. The molecule has 1 aliphatic carbocycles. The van der Waals surface area contributed by atoms with Gasteiger partial charge in [0.05, 0.1) is 6.21 Å². The molecule has 2 N–H and O–H groups in total. The van der Waals surface area contributed by atoms with Crippen LogP contribution in [0.15, 0.2) is 47.6 Å². The summed E-state index contributed by atoms with van der Waals surface area (Å²) >= 11 is 0. The van der Waals surface area contributed by atoms with Crippen molar-refractivity contribution in [2.24, 2.45) is 11.0 Å². The third kappa shape index (κ3) is 5.72. The summed E-state index contributed by atoms with van der Waals surface area (Å²) in [6.07, 6.45) is 8.21. The zero-order valence-corrected chi connectivity index (χ0v) is 17.7. The maximum Gasteiger partial charge on any atom is 0.303 e. The Morgan fingerprint density at radius 1 is 1.06 bits per heavy atom. The Labute approximate surface area is 183 Å². The molecule has 6 heteroatoms. The molecule has 0 spiro atoms. The van der Waals surface area contributed by atoms with Gasteiger partial charge in [-0.2, -0.15) is 5.10 Å². The van der Waals surface area contributed by atoms with Crippen molar-refractivity contribution in [2.75, 3.05) is 18.4 Å². The first-order chi connectivity index (χ1) is 15.1. The molecule has 31 heavy (non-hydrogen) atoms. The second kappa shape index (κ2) is 9.77. The number of aliphatic carboxylic acids is 1. The van der Waals surface area contributed by atoms with Gasteiger partial charge in [0.2, 0.25) is 0 Å². The van der Waals surface area contributed by atoms with E-state index in [1.165, 1.54) is 19.3 Å². The largest absolute Gasteiger partial charge is 0.481 e. The molecule has 1 unspecified atom stereocenters. The number of carbonyl (C=O) groups is 2. The molecule has 2 aliphatic rings. The lowest BCUT2D eigenvalue weighted by Crippen LogP contribution is -2.24. The van der Waals surface area contributed by atoms with Gasteiger partial charge in [0.25, 0.3) is 5.91 Å². The zero-order valence-electron chi connectivity index (χ0n) is 17.7. The quantitative estimate of drug-likeness (QED) is 0.683. The minimum Gasteiger partial charge on any atom is -0.481 e. The highest BCUT2D eigenvalue weighted by molar-refractivity contribution is 6.04. The number of anilines is 1. The third-order valence-electron chi connectivity index (χ3n) is 6.13. The molecule has 0 aromatic heterocycles. The molecule has 162 valence electrons. The maximum absolute atomic E-state index is 12.7. The normalized spacial score (nSPS) is 18.6. The van der Waals surface area contributed by atoms with Crippen molar-refractivity contribution in [1.82, 2.24) is 5.01 Å². The van der Waals surface area contributed by atoms with Crippen molar-refractivity contribution < 1.29 is 14.7 Å². The molecule has 1 amide bonds.